The third-order valence-corrected chi connectivity index (χ3v) is 3.97. The Labute approximate surface area is 121 Å². The lowest BCUT2D eigenvalue weighted by Gasteiger charge is -2.40. The molecule has 116 valence electrons. The summed E-state index contributed by atoms with van der Waals surface area (Å²) in [6.45, 7) is 10.9. The Morgan fingerprint density at radius 1 is 1.15 bits per heavy atom. The van der Waals surface area contributed by atoms with E-state index >= 15 is 0 Å². The second-order valence-corrected chi connectivity index (χ2v) is 5.68. The number of carboxylic acids is 1. The number of carbonyl (C=O) groups is 2. The van der Waals surface area contributed by atoms with Gasteiger partial charge in [-0.25, -0.2) is 4.79 Å². The van der Waals surface area contributed by atoms with Gasteiger partial charge in [0.25, 0.3) is 0 Å². The number of rotatable bonds is 5. The van der Waals surface area contributed by atoms with Crippen molar-refractivity contribution in [2.45, 2.75) is 46.2 Å². The van der Waals surface area contributed by atoms with Crippen LogP contribution in [0.3, 0.4) is 0 Å². The Kier molecular flexibility index (Phi) is 6.26. The first-order valence-electron chi connectivity index (χ1n) is 7.38. The smallest absolute Gasteiger partial charge is 0.323 e. The summed E-state index contributed by atoms with van der Waals surface area (Å²) < 4.78 is 0. The highest BCUT2D eigenvalue weighted by Crippen LogP contribution is 2.12. The van der Waals surface area contributed by atoms with Crippen molar-refractivity contribution >= 4 is 12.0 Å². The summed E-state index contributed by atoms with van der Waals surface area (Å²) in [6, 6.07) is 0.268. The minimum absolute atomic E-state index is 0.105. The summed E-state index contributed by atoms with van der Waals surface area (Å²) in [5.74, 6) is -0.967. The minimum Gasteiger partial charge on any atom is -0.480 e. The van der Waals surface area contributed by atoms with Crippen molar-refractivity contribution in [3.8, 4) is 0 Å². The van der Waals surface area contributed by atoms with Crippen LogP contribution in [-0.4, -0.2) is 76.6 Å². The van der Waals surface area contributed by atoms with E-state index in [1.807, 2.05) is 13.8 Å². The van der Waals surface area contributed by atoms with Crippen LogP contribution in [0.2, 0.25) is 0 Å². The van der Waals surface area contributed by atoms with Gasteiger partial charge in [-0.3, -0.25) is 9.69 Å². The standard InChI is InChI=1S/C14H27N3O3/c1-5-12(4)15-6-8-16(9-7-15)14(20)17(11(2)3)10-13(18)19/h11-12H,5-10H2,1-4H3,(H,18,19). The molecule has 1 atom stereocenters. The van der Waals surface area contributed by atoms with Gasteiger partial charge in [-0.1, -0.05) is 6.92 Å². The first-order valence-corrected chi connectivity index (χ1v) is 7.38. The summed E-state index contributed by atoms with van der Waals surface area (Å²) in [4.78, 5) is 28.8. The molecule has 1 N–H and O–H groups in total. The highest BCUT2D eigenvalue weighted by atomic mass is 16.4. The molecule has 1 aliphatic heterocycles. The van der Waals surface area contributed by atoms with E-state index in [0.29, 0.717) is 19.1 Å². The molecule has 6 heteroatoms. The average Bonchev–Trinajstić information content (AvgIpc) is 2.43. The van der Waals surface area contributed by atoms with Crippen LogP contribution in [0, 0.1) is 0 Å². The molecule has 0 spiro atoms. The van der Waals surface area contributed by atoms with Gasteiger partial charge in [0.1, 0.15) is 6.54 Å². The quantitative estimate of drug-likeness (QED) is 0.827. The molecule has 1 aliphatic rings. The van der Waals surface area contributed by atoms with E-state index < -0.39 is 5.97 Å². The Morgan fingerprint density at radius 3 is 2.10 bits per heavy atom. The number of carboxylic acid groups (broad SMARTS) is 1. The van der Waals surface area contributed by atoms with Crippen LogP contribution in [0.5, 0.6) is 0 Å². The fourth-order valence-corrected chi connectivity index (χ4v) is 2.41. The highest BCUT2D eigenvalue weighted by Gasteiger charge is 2.28. The molecule has 2 amide bonds. The van der Waals surface area contributed by atoms with Crippen molar-refractivity contribution in [1.29, 1.82) is 0 Å². The molecule has 0 aliphatic carbocycles. The van der Waals surface area contributed by atoms with E-state index in [4.69, 9.17) is 5.11 Å². The lowest BCUT2D eigenvalue weighted by atomic mass is 10.2. The molecule has 0 saturated carbocycles. The van der Waals surface area contributed by atoms with Crippen LogP contribution in [0.1, 0.15) is 34.1 Å². The van der Waals surface area contributed by atoms with Crippen molar-refractivity contribution in [3.05, 3.63) is 0 Å². The van der Waals surface area contributed by atoms with Gasteiger partial charge in [-0.15, -0.1) is 0 Å². The normalized spacial score (nSPS) is 18.1. The molecule has 6 nitrogen and oxygen atoms in total. The molecule has 1 fully saturated rings. The van der Waals surface area contributed by atoms with Crippen LogP contribution in [-0.2, 0) is 4.79 Å². The maximum Gasteiger partial charge on any atom is 0.323 e. The molecular formula is C14H27N3O3. The molecule has 0 radical (unpaired) electrons. The molecule has 1 rings (SSSR count). The number of nitrogens with zero attached hydrogens (tertiary/aromatic N) is 3. The van der Waals surface area contributed by atoms with Crippen molar-refractivity contribution < 1.29 is 14.7 Å². The Balaban J connectivity index is 2.58. The third kappa shape index (κ3) is 4.37. The zero-order valence-electron chi connectivity index (χ0n) is 13.0. The van der Waals surface area contributed by atoms with Crippen molar-refractivity contribution in [1.82, 2.24) is 14.7 Å². The number of piperazine rings is 1. The summed E-state index contributed by atoms with van der Waals surface area (Å²) in [6.07, 6.45) is 1.10. The molecule has 0 aromatic heterocycles. The van der Waals surface area contributed by atoms with E-state index in [9.17, 15) is 9.59 Å². The van der Waals surface area contributed by atoms with Crippen molar-refractivity contribution in [2.75, 3.05) is 32.7 Å². The maximum atomic E-state index is 12.4. The Morgan fingerprint density at radius 2 is 1.70 bits per heavy atom. The lowest BCUT2D eigenvalue weighted by molar-refractivity contribution is -0.138. The topological polar surface area (TPSA) is 64.1 Å². The zero-order valence-corrected chi connectivity index (χ0v) is 13.0. The van der Waals surface area contributed by atoms with E-state index in [0.717, 1.165) is 19.5 Å². The second-order valence-electron chi connectivity index (χ2n) is 5.68. The van der Waals surface area contributed by atoms with Gasteiger partial charge in [0.2, 0.25) is 0 Å². The molecule has 0 aromatic rings. The zero-order chi connectivity index (χ0) is 15.3. The Hall–Kier alpha value is -1.30. The molecule has 20 heavy (non-hydrogen) atoms. The van der Waals surface area contributed by atoms with Gasteiger partial charge in [0.05, 0.1) is 0 Å². The lowest BCUT2D eigenvalue weighted by Crippen LogP contribution is -2.56. The highest BCUT2D eigenvalue weighted by molar-refractivity contribution is 5.80. The van der Waals surface area contributed by atoms with Gasteiger partial charge in [-0.2, -0.15) is 0 Å². The first kappa shape index (κ1) is 16.8. The number of aliphatic carboxylic acids is 1. The monoisotopic (exact) mass is 285 g/mol. The summed E-state index contributed by atoms with van der Waals surface area (Å²) >= 11 is 0. The minimum atomic E-state index is -0.967. The third-order valence-electron chi connectivity index (χ3n) is 3.97. The van der Waals surface area contributed by atoms with Crippen molar-refractivity contribution in [2.24, 2.45) is 0 Å². The van der Waals surface area contributed by atoms with Crippen LogP contribution in [0.25, 0.3) is 0 Å². The fraction of sp³-hybridized carbons (Fsp3) is 0.857. The summed E-state index contributed by atoms with van der Waals surface area (Å²) in [7, 11) is 0. The SMILES string of the molecule is CCC(C)N1CCN(C(=O)N(CC(=O)O)C(C)C)CC1. The predicted molar refractivity (Wildman–Crippen MR) is 77.8 cm³/mol. The maximum absolute atomic E-state index is 12.4. The van der Waals surface area contributed by atoms with Crippen molar-refractivity contribution in [3.63, 3.8) is 0 Å². The molecular weight excluding hydrogens is 258 g/mol. The van der Waals surface area contributed by atoms with Crippen LogP contribution in [0.4, 0.5) is 4.79 Å². The number of carbonyl (C=O) groups excluding carboxylic acids is 1. The molecule has 0 aromatic carbocycles. The largest absolute Gasteiger partial charge is 0.480 e. The van der Waals surface area contributed by atoms with Gasteiger partial charge in [0, 0.05) is 38.3 Å². The number of hydrogen-bond acceptors (Lipinski definition) is 3. The summed E-state index contributed by atoms with van der Waals surface area (Å²) in [5, 5.41) is 8.91. The van der Waals surface area contributed by atoms with E-state index in [1.54, 1.807) is 4.90 Å². The van der Waals surface area contributed by atoms with E-state index in [2.05, 4.69) is 18.7 Å². The molecule has 1 saturated heterocycles. The Bertz CT molecular complexity index is 339. The summed E-state index contributed by atoms with van der Waals surface area (Å²) in [5.41, 5.74) is 0. The second kappa shape index (κ2) is 7.47. The molecule has 1 unspecified atom stereocenters. The number of hydrogen-bond donors (Lipinski definition) is 1. The average molecular weight is 285 g/mol. The van der Waals surface area contributed by atoms with Crippen LogP contribution in [0.15, 0.2) is 0 Å². The number of urea groups is 1. The van der Waals surface area contributed by atoms with Gasteiger partial charge in [-0.05, 0) is 27.2 Å². The predicted octanol–water partition coefficient (Wildman–Crippen LogP) is 1.32. The molecule has 0 bridgehead atoms. The van der Waals surface area contributed by atoms with E-state index in [-0.39, 0.29) is 18.6 Å². The fourth-order valence-electron chi connectivity index (χ4n) is 2.41. The first-order chi connectivity index (χ1) is 9.36. The number of amides is 2. The van der Waals surface area contributed by atoms with E-state index in [1.165, 1.54) is 4.90 Å². The van der Waals surface area contributed by atoms with Gasteiger partial charge < -0.3 is 14.9 Å². The van der Waals surface area contributed by atoms with Gasteiger partial charge >= 0.3 is 12.0 Å². The van der Waals surface area contributed by atoms with Gasteiger partial charge in [0.15, 0.2) is 0 Å². The van der Waals surface area contributed by atoms with Crippen LogP contribution >= 0.6 is 0 Å². The molecule has 1 heterocycles. The van der Waals surface area contributed by atoms with Crippen LogP contribution < -0.4 is 0 Å².